The standard InChI is InChI=1S/C38H28O2/c39-37(31-23-19-29(20-24-31)27-11-3-1-4-12-27)35-17-9-7-15-33(35)34-16-8-10-18-36(34)38(37,40)32-25-21-30(22-26-32)28-13-5-2-6-14-28/h1-26,39-40H/t37-,38-/m1/s1. The highest BCUT2D eigenvalue weighted by Crippen LogP contribution is 2.57. The second kappa shape index (κ2) is 9.46. The van der Waals surface area contributed by atoms with Gasteiger partial charge in [0.15, 0.2) is 11.2 Å². The van der Waals surface area contributed by atoms with Crippen LogP contribution in [0.2, 0.25) is 0 Å². The fraction of sp³-hybridized carbons (Fsp3) is 0.0526. The minimum Gasteiger partial charge on any atom is -0.377 e. The minimum atomic E-state index is -1.75. The maximum Gasteiger partial charge on any atom is 0.152 e. The first kappa shape index (κ1) is 24.3. The molecule has 0 heterocycles. The van der Waals surface area contributed by atoms with Gasteiger partial charge in [-0.25, -0.2) is 0 Å². The second-order valence-corrected chi connectivity index (χ2v) is 10.4. The zero-order chi connectivity index (χ0) is 27.2. The molecule has 0 aliphatic heterocycles. The molecule has 7 rings (SSSR count). The predicted molar refractivity (Wildman–Crippen MR) is 162 cm³/mol. The Hall–Kier alpha value is -4.76. The van der Waals surface area contributed by atoms with Crippen LogP contribution in [-0.4, -0.2) is 10.2 Å². The molecule has 0 saturated carbocycles. The third-order valence-electron chi connectivity index (χ3n) is 8.27. The van der Waals surface area contributed by atoms with Crippen LogP contribution in [0.15, 0.2) is 158 Å². The number of hydrogen-bond donors (Lipinski definition) is 2. The topological polar surface area (TPSA) is 40.5 Å². The lowest BCUT2D eigenvalue weighted by Gasteiger charge is -2.49. The molecule has 0 bridgehead atoms. The van der Waals surface area contributed by atoms with E-state index in [9.17, 15) is 10.2 Å². The van der Waals surface area contributed by atoms with Crippen molar-refractivity contribution in [3.8, 4) is 33.4 Å². The van der Waals surface area contributed by atoms with Crippen molar-refractivity contribution >= 4 is 0 Å². The Morgan fingerprint density at radius 2 is 0.600 bits per heavy atom. The molecule has 6 aromatic rings. The zero-order valence-electron chi connectivity index (χ0n) is 21.9. The van der Waals surface area contributed by atoms with Gasteiger partial charge in [-0.15, -0.1) is 0 Å². The molecule has 0 unspecified atom stereocenters. The lowest BCUT2D eigenvalue weighted by Crippen LogP contribution is -2.53. The Kier molecular flexibility index (Phi) is 5.74. The number of benzene rings is 6. The van der Waals surface area contributed by atoms with Crippen LogP contribution in [0.4, 0.5) is 0 Å². The largest absolute Gasteiger partial charge is 0.377 e. The van der Waals surface area contributed by atoms with Crippen LogP contribution in [-0.2, 0) is 11.2 Å². The Morgan fingerprint density at radius 1 is 0.300 bits per heavy atom. The van der Waals surface area contributed by atoms with Gasteiger partial charge in [-0.2, -0.15) is 0 Å². The van der Waals surface area contributed by atoms with E-state index in [-0.39, 0.29) is 0 Å². The van der Waals surface area contributed by atoms with Crippen molar-refractivity contribution in [3.05, 3.63) is 180 Å². The van der Waals surface area contributed by atoms with Gasteiger partial charge in [-0.05, 0) is 55.6 Å². The summed E-state index contributed by atoms with van der Waals surface area (Å²) in [5.41, 5.74) is 5.24. The molecular formula is C38H28O2. The van der Waals surface area contributed by atoms with Crippen LogP contribution < -0.4 is 0 Å². The quantitative estimate of drug-likeness (QED) is 0.248. The van der Waals surface area contributed by atoms with Gasteiger partial charge in [-0.1, -0.05) is 158 Å². The predicted octanol–water partition coefficient (Wildman–Crippen LogP) is 8.17. The van der Waals surface area contributed by atoms with Crippen molar-refractivity contribution < 1.29 is 10.2 Å². The summed E-state index contributed by atoms with van der Waals surface area (Å²) in [5, 5.41) is 26.0. The fourth-order valence-corrected chi connectivity index (χ4v) is 6.25. The van der Waals surface area contributed by atoms with Gasteiger partial charge in [0.2, 0.25) is 0 Å². The Balaban J connectivity index is 1.46. The molecule has 0 saturated heterocycles. The lowest BCUT2D eigenvalue weighted by molar-refractivity contribution is -0.114. The summed E-state index contributed by atoms with van der Waals surface area (Å²) in [5.74, 6) is 0. The summed E-state index contributed by atoms with van der Waals surface area (Å²) < 4.78 is 0. The molecule has 6 aromatic carbocycles. The summed E-state index contributed by atoms with van der Waals surface area (Å²) in [4.78, 5) is 0. The van der Waals surface area contributed by atoms with Gasteiger partial charge in [0.05, 0.1) is 0 Å². The SMILES string of the molecule is O[C@]1(c2ccc(-c3ccccc3)cc2)c2ccccc2-c2ccccc2[C@]1(O)c1ccc(-c2ccccc2)cc1. The van der Waals surface area contributed by atoms with Crippen LogP contribution in [0, 0.1) is 0 Å². The smallest absolute Gasteiger partial charge is 0.152 e. The normalized spacial score (nSPS) is 19.4. The summed E-state index contributed by atoms with van der Waals surface area (Å²) in [6.07, 6.45) is 0. The molecule has 0 aromatic heterocycles. The molecule has 192 valence electrons. The van der Waals surface area contributed by atoms with E-state index in [4.69, 9.17) is 0 Å². The highest BCUT2D eigenvalue weighted by molar-refractivity contribution is 5.80. The Bertz CT molecular complexity index is 1660. The summed E-state index contributed by atoms with van der Waals surface area (Å²) in [6.45, 7) is 0. The van der Waals surface area contributed by atoms with Crippen LogP contribution in [0.5, 0.6) is 0 Å². The number of fused-ring (bicyclic) bond motifs is 3. The molecule has 1 aliphatic rings. The molecule has 40 heavy (non-hydrogen) atoms. The lowest BCUT2D eigenvalue weighted by atomic mass is 9.60. The molecule has 0 fully saturated rings. The van der Waals surface area contributed by atoms with Crippen molar-refractivity contribution in [2.24, 2.45) is 0 Å². The maximum absolute atomic E-state index is 13.0. The van der Waals surface area contributed by atoms with E-state index in [1.807, 2.05) is 133 Å². The van der Waals surface area contributed by atoms with Crippen molar-refractivity contribution in [2.75, 3.05) is 0 Å². The van der Waals surface area contributed by atoms with Gasteiger partial charge in [0.1, 0.15) is 0 Å². The van der Waals surface area contributed by atoms with Crippen LogP contribution in [0.3, 0.4) is 0 Å². The van der Waals surface area contributed by atoms with Gasteiger partial charge in [-0.3, -0.25) is 0 Å². The average molecular weight is 517 g/mol. The molecule has 2 atom stereocenters. The van der Waals surface area contributed by atoms with E-state index in [2.05, 4.69) is 24.3 Å². The van der Waals surface area contributed by atoms with Crippen LogP contribution in [0.25, 0.3) is 33.4 Å². The molecule has 0 spiro atoms. The van der Waals surface area contributed by atoms with Crippen molar-refractivity contribution in [2.45, 2.75) is 11.2 Å². The van der Waals surface area contributed by atoms with E-state index in [1.165, 1.54) is 0 Å². The fourth-order valence-electron chi connectivity index (χ4n) is 6.25. The highest BCUT2D eigenvalue weighted by atomic mass is 16.4. The molecule has 2 heteroatoms. The molecule has 2 N–H and O–H groups in total. The Morgan fingerprint density at radius 3 is 0.975 bits per heavy atom. The van der Waals surface area contributed by atoms with Crippen molar-refractivity contribution in [3.63, 3.8) is 0 Å². The third kappa shape index (κ3) is 3.58. The van der Waals surface area contributed by atoms with Crippen LogP contribution in [0.1, 0.15) is 22.3 Å². The van der Waals surface area contributed by atoms with Gasteiger partial charge in [0.25, 0.3) is 0 Å². The summed E-state index contributed by atoms with van der Waals surface area (Å²) in [7, 11) is 0. The monoisotopic (exact) mass is 516 g/mol. The third-order valence-corrected chi connectivity index (χ3v) is 8.27. The summed E-state index contributed by atoms with van der Waals surface area (Å²) in [6, 6.07) is 51.9. The first-order chi connectivity index (χ1) is 19.6. The van der Waals surface area contributed by atoms with Crippen molar-refractivity contribution in [1.82, 2.24) is 0 Å². The molecular weight excluding hydrogens is 488 g/mol. The van der Waals surface area contributed by atoms with E-state index < -0.39 is 11.2 Å². The van der Waals surface area contributed by atoms with Crippen LogP contribution >= 0.6 is 0 Å². The Labute approximate surface area is 234 Å². The average Bonchev–Trinajstić information content (AvgIpc) is 3.04. The molecule has 0 radical (unpaired) electrons. The van der Waals surface area contributed by atoms with E-state index in [1.54, 1.807) is 0 Å². The minimum absolute atomic E-state index is 0.628. The molecule has 0 amide bonds. The zero-order valence-corrected chi connectivity index (χ0v) is 21.9. The first-order valence-corrected chi connectivity index (χ1v) is 13.6. The maximum atomic E-state index is 13.0. The summed E-state index contributed by atoms with van der Waals surface area (Å²) >= 11 is 0. The van der Waals surface area contributed by atoms with Crippen molar-refractivity contribution in [1.29, 1.82) is 0 Å². The number of rotatable bonds is 4. The second-order valence-electron chi connectivity index (χ2n) is 10.4. The number of hydrogen-bond acceptors (Lipinski definition) is 2. The van der Waals surface area contributed by atoms with E-state index in [0.717, 1.165) is 33.4 Å². The van der Waals surface area contributed by atoms with Gasteiger partial charge >= 0.3 is 0 Å². The van der Waals surface area contributed by atoms with E-state index >= 15 is 0 Å². The highest BCUT2D eigenvalue weighted by Gasteiger charge is 2.58. The molecule has 1 aliphatic carbocycles. The van der Waals surface area contributed by atoms with E-state index in [0.29, 0.717) is 22.3 Å². The first-order valence-electron chi connectivity index (χ1n) is 13.6. The molecule has 2 nitrogen and oxygen atoms in total. The van der Waals surface area contributed by atoms with Gasteiger partial charge < -0.3 is 10.2 Å². The van der Waals surface area contributed by atoms with Gasteiger partial charge in [0, 0.05) is 0 Å². The number of aliphatic hydroxyl groups is 2.